The molecule has 4 nitrogen and oxygen atoms in total. The van der Waals surface area contributed by atoms with Crippen molar-refractivity contribution in [3.8, 4) is 0 Å². The molecule has 0 unspecified atom stereocenters. The predicted molar refractivity (Wildman–Crippen MR) is 75.5 cm³/mol. The highest BCUT2D eigenvalue weighted by Crippen LogP contribution is 2.28. The van der Waals surface area contributed by atoms with Crippen molar-refractivity contribution >= 4 is 17.0 Å². The molecule has 0 aliphatic rings. The summed E-state index contributed by atoms with van der Waals surface area (Å²) in [5.74, 6) is 0.528. The molecule has 0 aliphatic heterocycles. The third kappa shape index (κ3) is 2.11. The number of carboxylic acid groups (broad SMARTS) is 1. The van der Waals surface area contributed by atoms with Crippen molar-refractivity contribution in [2.75, 3.05) is 0 Å². The van der Waals surface area contributed by atoms with Gasteiger partial charge in [0.15, 0.2) is 0 Å². The van der Waals surface area contributed by atoms with Gasteiger partial charge < -0.3 is 9.67 Å². The van der Waals surface area contributed by atoms with Crippen molar-refractivity contribution in [2.45, 2.75) is 39.0 Å². The fourth-order valence-corrected chi connectivity index (χ4v) is 2.25. The summed E-state index contributed by atoms with van der Waals surface area (Å²) in [7, 11) is 1.99. The Morgan fingerprint density at radius 1 is 1.37 bits per heavy atom. The molecule has 0 saturated heterocycles. The van der Waals surface area contributed by atoms with Gasteiger partial charge in [0, 0.05) is 13.0 Å². The number of aryl methyl sites for hydroxylation is 1. The Morgan fingerprint density at radius 2 is 2.00 bits per heavy atom. The summed E-state index contributed by atoms with van der Waals surface area (Å²) >= 11 is 0. The maximum atomic E-state index is 11.3. The molecule has 1 heterocycles. The van der Waals surface area contributed by atoms with E-state index in [2.05, 4.69) is 23.4 Å². The van der Waals surface area contributed by atoms with Crippen molar-refractivity contribution in [3.05, 3.63) is 29.6 Å². The second kappa shape index (κ2) is 4.37. The number of nitrogens with zero attached hydrogens (tertiary/aromatic N) is 2. The van der Waals surface area contributed by atoms with Crippen LogP contribution in [0.25, 0.3) is 11.0 Å². The van der Waals surface area contributed by atoms with Crippen LogP contribution in [0.4, 0.5) is 0 Å². The van der Waals surface area contributed by atoms with Gasteiger partial charge >= 0.3 is 5.97 Å². The van der Waals surface area contributed by atoms with Crippen molar-refractivity contribution in [2.24, 2.45) is 7.05 Å². The van der Waals surface area contributed by atoms with Crippen LogP contribution in [0.15, 0.2) is 18.2 Å². The number of aliphatic carboxylic acids is 1. The first-order valence-electron chi connectivity index (χ1n) is 6.45. The molecule has 102 valence electrons. The van der Waals surface area contributed by atoms with Gasteiger partial charge in [0.05, 0.1) is 16.4 Å². The summed E-state index contributed by atoms with van der Waals surface area (Å²) < 4.78 is 2.07. The fraction of sp³-hybridized carbons (Fsp3) is 0.467. The van der Waals surface area contributed by atoms with Crippen LogP contribution in [0.2, 0.25) is 0 Å². The Kier molecular flexibility index (Phi) is 3.12. The molecule has 1 aromatic carbocycles. The van der Waals surface area contributed by atoms with Crippen LogP contribution in [-0.2, 0) is 17.3 Å². The molecule has 4 heteroatoms. The van der Waals surface area contributed by atoms with E-state index < -0.39 is 11.4 Å². The van der Waals surface area contributed by atoms with E-state index in [1.165, 1.54) is 0 Å². The number of rotatable bonds is 3. The fourth-order valence-electron chi connectivity index (χ4n) is 2.25. The third-order valence-corrected chi connectivity index (χ3v) is 3.69. The summed E-state index contributed by atoms with van der Waals surface area (Å²) in [6.07, 6.45) is 0. The largest absolute Gasteiger partial charge is 0.481 e. The Hall–Kier alpha value is -1.84. The van der Waals surface area contributed by atoms with Gasteiger partial charge in [-0.2, -0.15) is 0 Å². The number of hydrogen-bond acceptors (Lipinski definition) is 2. The highest BCUT2D eigenvalue weighted by molar-refractivity contribution is 5.84. The molecule has 0 bridgehead atoms. The topological polar surface area (TPSA) is 55.1 Å². The molecule has 0 atom stereocenters. The standard InChI is InChI=1S/C15H20N2O2/c1-9(2)13-16-11-8-10(15(3,4)14(18)19)6-7-12(11)17(13)5/h6-9H,1-5H3,(H,18,19). The maximum absolute atomic E-state index is 11.3. The van der Waals surface area contributed by atoms with E-state index in [4.69, 9.17) is 0 Å². The molecule has 19 heavy (non-hydrogen) atoms. The summed E-state index contributed by atoms with van der Waals surface area (Å²) in [4.78, 5) is 15.9. The molecule has 0 aliphatic carbocycles. The average molecular weight is 260 g/mol. The van der Waals surface area contributed by atoms with Gasteiger partial charge in [0.2, 0.25) is 0 Å². The van der Waals surface area contributed by atoms with Crippen molar-refractivity contribution < 1.29 is 9.90 Å². The lowest BCUT2D eigenvalue weighted by Gasteiger charge is -2.19. The van der Waals surface area contributed by atoms with E-state index in [9.17, 15) is 9.90 Å². The van der Waals surface area contributed by atoms with Crippen LogP contribution in [0.1, 0.15) is 45.0 Å². The van der Waals surface area contributed by atoms with E-state index in [0.29, 0.717) is 5.92 Å². The highest BCUT2D eigenvalue weighted by Gasteiger charge is 2.30. The summed E-state index contributed by atoms with van der Waals surface area (Å²) in [6.45, 7) is 7.62. The molecule has 1 N–H and O–H groups in total. The van der Waals surface area contributed by atoms with Gasteiger partial charge in [-0.05, 0) is 31.5 Å². The van der Waals surface area contributed by atoms with E-state index in [0.717, 1.165) is 22.4 Å². The second-order valence-corrected chi connectivity index (χ2v) is 5.82. The minimum absolute atomic E-state index is 0.341. The van der Waals surface area contributed by atoms with Gasteiger partial charge in [0.25, 0.3) is 0 Å². The van der Waals surface area contributed by atoms with Gasteiger partial charge in [-0.15, -0.1) is 0 Å². The molecule has 2 rings (SSSR count). The van der Waals surface area contributed by atoms with Gasteiger partial charge in [0.1, 0.15) is 5.82 Å². The Balaban J connectivity index is 2.62. The van der Waals surface area contributed by atoms with Crippen LogP contribution in [0.3, 0.4) is 0 Å². The second-order valence-electron chi connectivity index (χ2n) is 5.82. The molecule has 2 aromatic rings. The smallest absolute Gasteiger partial charge is 0.313 e. The summed E-state index contributed by atoms with van der Waals surface area (Å²) in [5, 5.41) is 9.29. The molecule has 0 radical (unpaired) electrons. The number of carbonyl (C=O) groups is 1. The quantitative estimate of drug-likeness (QED) is 0.922. The third-order valence-electron chi connectivity index (χ3n) is 3.69. The molecular weight excluding hydrogens is 240 g/mol. The van der Waals surface area contributed by atoms with E-state index in [1.807, 2.05) is 25.2 Å². The number of imidazole rings is 1. The first-order chi connectivity index (χ1) is 8.75. The van der Waals surface area contributed by atoms with Crippen molar-refractivity contribution in [3.63, 3.8) is 0 Å². The number of aromatic nitrogens is 2. The Bertz CT molecular complexity index is 639. The van der Waals surface area contributed by atoms with E-state index in [1.54, 1.807) is 13.8 Å². The monoisotopic (exact) mass is 260 g/mol. The Labute approximate surface area is 113 Å². The first-order valence-corrected chi connectivity index (χ1v) is 6.45. The van der Waals surface area contributed by atoms with Crippen molar-refractivity contribution in [1.82, 2.24) is 9.55 Å². The Morgan fingerprint density at radius 3 is 2.53 bits per heavy atom. The molecule has 0 saturated carbocycles. The van der Waals surface area contributed by atoms with Crippen LogP contribution in [-0.4, -0.2) is 20.6 Å². The normalized spacial score (nSPS) is 12.3. The number of fused-ring (bicyclic) bond motifs is 1. The zero-order valence-electron chi connectivity index (χ0n) is 12.1. The van der Waals surface area contributed by atoms with Gasteiger partial charge in [-0.1, -0.05) is 19.9 Å². The first kappa shape index (κ1) is 13.6. The van der Waals surface area contributed by atoms with Crippen LogP contribution < -0.4 is 0 Å². The zero-order valence-corrected chi connectivity index (χ0v) is 12.1. The van der Waals surface area contributed by atoms with Crippen LogP contribution >= 0.6 is 0 Å². The lowest BCUT2D eigenvalue weighted by atomic mass is 9.85. The SMILES string of the molecule is CC(C)c1nc2cc(C(C)(C)C(=O)O)ccc2n1C. The zero-order chi connectivity index (χ0) is 14.4. The lowest BCUT2D eigenvalue weighted by molar-refractivity contribution is -0.142. The van der Waals surface area contributed by atoms with E-state index in [-0.39, 0.29) is 0 Å². The molecule has 1 aromatic heterocycles. The maximum Gasteiger partial charge on any atom is 0.313 e. The highest BCUT2D eigenvalue weighted by atomic mass is 16.4. The van der Waals surface area contributed by atoms with Crippen LogP contribution in [0, 0.1) is 0 Å². The average Bonchev–Trinajstić information content (AvgIpc) is 2.66. The summed E-state index contributed by atoms with van der Waals surface area (Å²) in [6, 6.07) is 5.71. The van der Waals surface area contributed by atoms with Gasteiger partial charge in [-0.25, -0.2) is 4.98 Å². The predicted octanol–water partition coefficient (Wildman–Crippen LogP) is 3.06. The lowest BCUT2D eigenvalue weighted by Crippen LogP contribution is -2.28. The number of benzene rings is 1. The molecular formula is C15H20N2O2. The van der Waals surface area contributed by atoms with Crippen LogP contribution in [0.5, 0.6) is 0 Å². The molecule has 0 fully saturated rings. The molecule has 0 spiro atoms. The molecule has 0 amide bonds. The number of carboxylic acids is 1. The van der Waals surface area contributed by atoms with Crippen molar-refractivity contribution in [1.29, 1.82) is 0 Å². The van der Waals surface area contributed by atoms with Gasteiger partial charge in [-0.3, -0.25) is 4.79 Å². The summed E-state index contributed by atoms with van der Waals surface area (Å²) in [5.41, 5.74) is 1.77. The van der Waals surface area contributed by atoms with E-state index >= 15 is 0 Å². The minimum Gasteiger partial charge on any atom is -0.481 e. The minimum atomic E-state index is -0.899. The number of hydrogen-bond donors (Lipinski definition) is 1.